The maximum atomic E-state index is 12.5. The highest BCUT2D eigenvalue weighted by Gasteiger charge is 2.28. The molecular weight excluding hydrogens is 683 g/mol. The highest BCUT2D eigenvalue weighted by Crippen LogP contribution is 2.17. The van der Waals surface area contributed by atoms with Crippen LogP contribution in [0.25, 0.3) is 0 Å². The molecule has 0 saturated carbocycles. The van der Waals surface area contributed by atoms with Crippen molar-refractivity contribution in [3.8, 4) is 0 Å². The van der Waals surface area contributed by atoms with E-state index >= 15 is 0 Å². The highest BCUT2D eigenvalue weighted by molar-refractivity contribution is 5.80. The number of aliphatic hydroxyl groups is 4. The van der Waals surface area contributed by atoms with E-state index in [4.69, 9.17) is 0 Å². The van der Waals surface area contributed by atoms with Crippen LogP contribution in [0.4, 0.5) is 0 Å². The van der Waals surface area contributed by atoms with Gasteiger partial charge in [0.1, 0.15) is 12.2 Å². The molecule has 0 rings (SSSR count). The fourth-order valence-electron chi connectivity index (χ4n) is 7.82. The Morgan fingerprint density at radius 1 is 0.436 bits per heavy atom. The first-order valence-corrected chi connectivity index (χ1v) is 24.6. The van der Waals surface area contributed by atoms with Gasteiger partial charge in [0.25, 0.3) is 0 Å². The summed E-state index contributed by atoms with van der Waals surface area (Å²) >= 11 is 0. The average Bonchev–Trinajstić information content (AvgIpc) is 3.19. The molecule has 0 aliphatic carbocycles. The van der Waals surface area contributed by atoms with Gasteiger partial charge < -0.3 is 25.7 Å². The van der Waals surface area contributed by atoms with E-state index in [1.54, 1.807) is 0 Å². The number of allylic oxidation sites excluding steroid dienone is 2. The minimum Gasteiger partial charge on any atom is -0.394 e. The van der Waals surface area contributed by atoms with Crippen LogP contribution in [0.1, 0.15) is 264 Å². The largest absolute Gasteiger partial charge is 0.394 e. The van der Waals surface area contributed by atoms with Crippen molar-refractivity contribution in [2.45, 2.75) is 289 Å². The number of hydrogen-bond acceptors (Lipinski definition) is 5. The molecule has 4 atom stereocenters. The zero-order valence-corrected chi connectivity index (χ0v) is 36.9. The highest BCUT2D eigenvalue weighted by atomic mass is 16.3. The van der Waals surface area contributed by atoms with Crippen molar-refractivity contribution in [2.24, 2.45) is 0 Å². The van der Waals surface area contributed by atoms with Gasteiger partial charge in [0.05, 0.1) is 18.8 Å². The molecule has 0 aliphatic heterocycles. The first kappa shape index (κ1) is 54.0. The SMILES string of the molecule is CCCCCCCCCCCCCCCCCC/C=C/CCCC(O)C(O)C(CO)NC(=O)C(O)CCCCCCCCCCCCCCCCCCCC. The molecule has 0 aromatic rings. The Labute approximate surface area is 342 Å². The van der Waals surface area contributed by atoms with Gasteiger partial charge in [-0.25, -0.2) is 0 Å². The number of carbonyl (C=O) groups is 1. The lowest BCUT2D eigenvalue weighted by molar-refractivity contribution is -0.132. The van der Waals surface area contributed by atoms with Crippen molar-refractivity contribution < 1.29 is 25.2 Å². The van der Waals surface area contributed by atoms with E-state index in [2.05, 4.69) is 31.3 Å². The normalized spacial score (nSPS) is 14.1. The number of hydrogen-bond donors (Lipinski definition) is 5. The minimum absolute atomic E-state index is 0.368. The van der Waals surface area contributed by atoms with Crippen LogP contribution in [0.3, 0.4) is 0 Å². The Kier molecular flexibility index (Phi) is 43.4. The molecule has 0 aliphatic rings. The summed E-state index contributed by atoms with van der Waals surface area (Å²) in [5, 5.41) is 43.8. The van der Waals surface area contributed by atoms with Gasteiger partial charge >= 0.3 is 0 Å². The molecule has 5 N–H and O–H groups in total. The average molecular weight is 780 g/mol. The summed E-state index contributed by atoms with van der Waals surface area (Å²) in [5.41, 5.74) is 0. The summed E-state index contributed by atoms with van der Waals surface area (Å²) < 4.78 is 0. The summed E-state index contributed by atoms with van der Waals surface area (Å²) in [6, 6.07) is -0.997. The lowest BCUT2D eigenvalue weighted by Gasteiger charge is -2.27. The van der Waals surface area contributed by atoms with Gasteiger partial charge in [0.2, 0.25) is 5.91 Å². The summed E-state index contributed by atoms with van der Waals surface area (Å²) in [4.78, 5) is 12.5. The molecule has 0 aromatic heterocycles. The Morgan fingerprint density at radius 3 is 1.09 bits per heavy atom. The number of nitrogens with one attached hydrogen (secondary N) is 1. The van der Waals surface area contributed by atoms with Gasteiger partial charge in [-0.3, -0.25) is 4.79 Å². The van der Waals surface area contributed by atoms with Crippen LogP contribution >= 0.6 is 0 Å². The van der Waals surface area contributed by atoms with Gasteiger partial charge in [0, 0.05) is 0 Å². The summed E-state index contributed by atoms with van der Waals surface area (Å²) in [7, 11) is 0. The molecule has 328 valence electrons. The van der Waals surface area contributed by atoms with Gasteiger partial charge in [-0.15, -0.1) is 0 Å². The van der Waals surface area contributed by atoms with Crippen LogP contribution in [-0.2, 0) is 4.79 Å². The smallest absolute Gasteiger partial charge is 0.249 e. The van der Waals surface area contributed by atoms with E-state index in [0.717, 1.165) is 38.5 Å². The molecule has 0 aromatic carbocycles. The fraction of sp³-hybridized carbons (Fsp3) is 0.939. The molecule has 0 bridgehead atoms. The Hall–Kier alpha value is -0.950. The van der Waals surface area contributed by atoms with E-state index in [1.807, 2.05) is 0 Å². The molecule has 4 unspecified atom stereocenters. The molecule has 0 heterocycles. The summed E-state index contributed by atoms with van der Waals surface area (Å²) in [6.45, 7) is 4.07. The van der Waals surface area contributed by atoms with Crippen LogP contribution in [0.15, 0.2) is 12.2 Å². The number of unbranched alkanes of at least 4 members (excludes halogenated alkanes) is 34. The summed E-state index contributed by atoms with van der Waals surface area (Å²) in [5.74, 6) is -0.589. The predicted octanol–water partition coefficient (Wildman–Crippen LogP) is 13.4. The van der Waals surface area contributed by atoms with Crippen LogP contribution in [0.2, 0.25) is 0 Å². The molecular formula is C49H97NO5. The molecule has 55 heavy (non-hydrogen) atoms. The number of amides is 1. The quantitative estimate of drug-likeness (QED) is 0.0312. The van der Waals surface area contributed by atoms with Crippen molar-refractivity contribution >= 4 is 5.91 Å². The molecule has 6 nitrogen and oxygen atoms in total. The van der Waals surface area contributed by atoms with Crippen LogP contribution in [-0.4, -0.2) is 57.3 Å². The Morgan fingerprint density at radius 2 is 0.745 bits per heavy atom. The topological polar surface area (TPSA) is 110 Å². The van der Waals surface area contributed by atoms with Gasteiger partial charge in [0.15, 0.2) is 0 Å². The second kappa shape index (κ2) is 44.2. The van der Waals surface area contributed by atoms with Gasteiger partial charge in [-0.1, -0.05) is 238 Å². The zero-order valence-electron chi connectivity index (χ0n) is 36.9. The zero-order chi connectivity index (χ0) is 40.3. The third-order valence-corrected chi connectivity index (χ3v) is 11.7. The van der Waals surface area contributed by atoms with E-state index in [-0.39, 0.29) is 0 Å². The van der Waals surface area contributed by atoms with E-state index in [9.17, 15) is 25.2 Å². The first-order chi connectivity index (χ1) is 27.0. The van der Waals surface area contributed by atoms with Crippen LogP contribution in [0, 0.1) is 0 Å². The van der Waals surface area contributed by atoms with Crippen molar-refractivity contribution in [2.75, 3.05) is 6.61 Å². The molecule has 1 amide bonds. The molecule has 0 spiro atoms. The second-order valence-electron chi connectivity index (χ2n) is 17.2. The van der Waals surface area contributed by atoms with E-state index < -0.39 is 36.9 Å². The van der Waals surface area contributed by atoms with Crippen molar-refractivity contribution in [3.63, 3.8) is 0 Å². The summed E-state index contributed by atoms with van der Waals surface area (Å²) in [6.07, 6.45) is 49.7. The van der Waals surface area contributed by atoms with Crippen molar-refractivity contribution in [1.82, 2.24) is 5.32 Å². The second-order valence-corrected chi connectivity index (χ2v) is 17.2. The molecule has 6 heteroatoms. The maximum absolute atomic E-state index is 12.5. The lowest BCUT2D eigenvalue weighted by atomic mass is 10.00. The van der Waals surface area contributed by atoms with Crippen molar-refractivity contribution in [1.29, 1.82) is 0 Å². The van der Waals surface area contributed by atoms with Gasteiger partial charge in [-0.2, -0.15) is 0 Å². The maximum Gasteiger partial charge on any atom is 0.249 e. The predicted molar refractivity (Wildman–Crippen MR) is 238 cm³/mol. The van der Waals surface area contributed by atoms with E-state index in [1.165, 1.54) is 199 Å². The number of aliphatic hydroxyl groups excluding tert-OH is 4. The van der Waals surface area contributed by atoms with Crippen LogP contribution in [0.5, 0.6) is 0 Å². The van der Waals surface area contributed by atoms with E-state index in [0.29, 0.717) is 12.8 Å². The van der Waals surface area contributed by atoms with Crippen molar-refractivity contribution in [3.05, 3.63) is 12.2 Å². The fourth-order valence-corrected chi connectivity index (χ4v) is 7.82. The van der Waals surface area contributed by atoms with Crippen LogP contribution < -0.4 is 5.32 Å². The third kappa shape index (κ3) is 38.3. The minimum atomic E-state index is -1.28. The number of carbonyl (C=O) groups excluding carboxylic acids is 1. The monoisotopic (exact) mass is 780 g/mol. The molecule has 0 radical (unpaired) electrons. The lowest BCUT2D eigenvalue weighted by Crippen LogP contribution is -2.53. The third-order valence-electron chi connectivity index (χ3n) is 11.7. The van der Waals surface area contributed by atoms with Gasteiger partial charge in [-0.05, 0) is 38.5 Å². The first-order valence-electron chi connectivity index (χ1n) is 24.6. The number of rotatable bonds is 45. The Balaban J connectivity index is 3.70. The molecule has 0 fully saturated rings. The Bertz CT molecular complexity index is 791. The molecule has 0 saturated heterocycles. The standard InChI is InChI=1S/C49H97NO5/c1-3-5-7-9-11-13-15-17-19-21-23-24-25-27-28-30-32-34-36-38-40-42-46(52)48(54)45(44-51)50-49(55)47(53)43-41-39-37-35-33-31-29-26-22-20-18-16-14-12-10-8-6-4-2/h34,36,45-48,51-54H,3-33,35,37-44H2,1-2H3,(H,50,55)/b36-34+.